The fraction of sp³-hybridized carbons (Fsp3) is 0.318. The van der Waals surface area contributed by atoms with Gasteiger partial charge in [0.1, 0.15) is 11.7 Å². The molecule has 2 aliphatic rings. The van der Waals surface area contributed by atoms with Gasteiger partial charge < -0.3 is 10.6 Å². The molecule has 1 amide bonds. The molecule has 2 heterocycles. The first kappa shape index (κ1) is 21.1. The van der Waals surface area contributed by atoms with Crippen molar-refractivity contribution in [1.82, 2.24) is 0 Å². The summed E-state index contributed by atoms with van der Waals surface area (Å²) < 4.78 is 28.2. The molecule has 0 fully saturated rings. The number of benzene rings is 2. The number of anilines is 1. The van der Waals surface area contributed by atoms with Gasteiger partial charge >= 0.3 is 0 Å². The van der Waals surface area contributed by atoms with Gasteiger partial charge in [-0.1, -0.05) is 15.9 Å². The van der Waals surface area contributed by atoms with Gasteiger partial charge in [-0.2, -0.15) is 0 Å². The van der Waals surface area contributed by atoms with Gasteiger partial charge in [-0.25, -0.2) is 4.39 Å². The van der Waals surface area contributed by atoms with Crippen molar-refractivity contribution in [3.63, 3.8) is 0 Å². The summed E-state index contributed by atoms with van der Waals surface area (Å²) >= 11 is 3.43. The molecule has 8 heteroatoms. The third kappa shape index (κ3) is 3.08. The molecule has 0 spiro atoms. The monoisotopic (exact) mass is 491 g/mol. The van der Waals surface area contributed by atoms with E-state index in [9.17, 15) is 13.4 Å². The molecule has 2 aliphatic heterocycles. The van der Waals surface area contributed by atoms with Crippen molar-refractivity contribution in [2.24, 2.45) is 10.7 Å². The summed E-state index contributed by atoms with van der Waals surface area (Å²) in [6.07, 6.45) is 0. The number of nitrogens with zero attached hydrogens (tertiary/aromatic N) is 2. The highest BCUT2D eigenvalue weighted by Gasteiger charge is 2.46. The number of nitrogens with two attached hydrogens (primary N) is 1. The van der Waals surface area contributed by atoms with Crippen LogP contribution in [0.3, 0.4) is 0 Å². The number of hydrogen-bond donors (Lipinski definition) is 1. The highest BCUT2D eigenvalue weighted by Crippen LogP contribution is 2.40. The lowest BCUT2D eigenvalue weighted by Gasteiger charge is -2.41. The van der Waals surface area contributed by atoms with Gasteiger partial charge in [0.05, 0.1) is 16.8 Å². The topological polar surface area (TPSA) is 75.8 Å². The van der Waals surface area contributed by atoms with Crippen molar-refractivity contribution in [1.29, 1.82) is 0 Å². The Hall–Kier alpha value is -2.19. The van der Waals surface area contributed by atoms with E-state index in [1.165, 1.54) is 6.07 Å². The van der Waals surface area contributed by atoms with Crippen LogP contribution in [0, 0.1) is 5.82 Å². The first-order chi connectivity index (χ1) is 13.9. The van der Waals surface area contributed by atoms with Crippen LogP contribution in [0.25, 0.3) is 0 Å². The maximum absolute atomic E-state index is 14.9. The predicted octanol–water partition coefficient (Wildman–Crippen LogP) is 3.83. The van der Waals surface area contributed by atoms with Crippen LogP contribution < -0.4 is 10.6 Å². The SMILES string of the molecule is C=S1(=O)C[C@@](C)(c2cc(N3Cc4cc(Br)ccc4C3=O)ccc2F)N=C(N)C1(C)C. The zero-order valence-corrected chi connectivity index (χ0v) is 19.4. The maximum atomic E-state index is 14.9. The third-order valence-corrected chi connectivity index (χ3v) is 9.73. The van der Waals surface area contributed by atoms with Crippen molar-refractivity contribution in [2.45, 2.75) is 37.6 Å². The van der Waals surface area contributed by atoms with E-state index in [0.717, 1.165) is 10.0 Å². The van der Waals surface area contributed by atoms with Crippen LogP contribution in [0.1, 0.15) is 42.3 Å². The number of amides is 1. The lowest BCUT2D eigenvalue weighted by Crippen LogP contribution is -2.54. The van der Waals surface area contributed by atoms with E-state index in [2.05, 4.69) is 26.8 Å². The lowest BCUT2D eigenvalue weighted by molar-refractivity contribution is 0.0996. The smallest absolute Gasteiger partial charge is 0.258 e. The Morgan fingerprint density at radius 3 is 2.60 bits per heavy atom. The summed E-state index contributed by atoms with van der Waals surface area (Å²) in [7, 11) is -2.68. The molecule has 5 nitrogen and oxygen atoms in total. The summed E-state index contributed by atoms with van der Waals surface area (Å²) in [6.45, 7) is 5.58. The Balaban J connectivity index is 1.79. The summed E-state index contributed by atoms with van der Waals surface area (Å²) in [5.41, 5.74) is 7.33. The molecule has 0 aromatic heterocycles. The number of rotatable bonds is 2. The van der Waals surface area contributed by atoms with Crippen LogP contribution in [0.15, 0.2) is 45.9 Å². The molecule has 30 heavy (non-hydrogen) atoms. The summed E-state index contributed by atoms with van der Waals surface area (Å²) in [6, 6.07) is 10.0. The third-order valence-electron chi connectivity index (χ3n) is 6.14. The predicted molar refractivity (Wildman–Crippen MR) is 124 cm³/mol. The standard InChI is InChI=1S/C22H23BrFN3O2S/c1-21(2)20(25)26-22(3,12-30(21,4)29)17-10-15(6-8-18(17)24)27-11-13-9-14(23)5-7-16(13)19(27)28/h5-10H,4,11-12H2,1-3H3,(H2,25,26)/t22-,30?/m0/s1. The van der Waals surface area contributed by atoms with Gasteiger partial charge in [0.2, 0.25) is 0 Å². The number of halogens is 2. The number of amidine groups is 1. The number of hydrogen-bond acceptors (Lipinski definition) is 4. The van der Waals surface area contributed by atoms with E-state index >= 15 is 0 Å². The molecule has 2 atom stereocenters. The first-order valence-electron chi connectivity index (χ1n) is 9.46. The minimum absolute atomic E-state index is 0.0647. The molecular weight excluding hydrogens is 469 g/mol. The number of carbonyl (C=O) groups is 1. The van der Waals surface area contributed by atoms with E-state index in [1.807, 2.05) is 12.1 Å². The van der Waals surface area contributed by atoms with E-state index in [0.29, 0.717) is 17.8 Å². The molecule has 0 aliphatic carbocycles. The van der Waals surface area contributed by atoms with Gasteiger partial charge in [0.25, 0.3) is 5.91 Å². The molecule has 0 saturated heterocycles. The summed E-state index contributed by atoms with van der Waals surface area (Å²) in [5, 5.41) is 0. The molecule has 2 N–H and O–H groups in total. The normalized spacial score (nSPS) is 27.7. The summed E-state index contributed by atoms with van der Waals surface area (Å²) in [4.78, 5) is 19.1. The molecule has 1 unspecified atom stereocenters. The molecule has 4 rings (SSSR count). The second kappa shape index (κ2) is 6.65. The molecular formula is C22H23BrFN3O2S. The van der Waals surface area contributed by atoms with Crippen LogP contribution in [-0.4, -0.2) is 32.3 Å². The van der Waals surface area contributed by atoms with Gasteiger partial charge in [0, 0.05) is 27.0 Å². The lowest BCUT2D eigenvalue weighted by atomic mass is 9.92. The van der Waals surface area contributed by atoms with Crippen molar-refractivity contribution in [3.8, 4) is 0 Å². The van der Waals surface area contributed by atoms with Crippen molar-refractivity contribution in [2.75, 3.05) is 10.7 Å². The second-order valence-electron chi connectivity index (χ2n) is 8.59. The van der Waals surface area contributed by atoms with Crippen LogP contribution in [0.5, 0.6) is 0 Å². The van der Waals surface area contributed by atoms with E-state index < -0.39 is 25.6 Å². The van der Waals surface area contributed by atoms with E-state index in [1.54, 1.807) is 43.9 Å². The zero-order valence-electron chi connectivity index (χ0n) is 17.0. The maximum Gasteiger partial charge on any atom is 0.258 e. The molecule has 0 bridgehead atoms. The van der Waals surface area contributed by atoms with Crippen molar-refractivity contribution < 1.29 is 13.4 Å². The molecule has 2 aromatic carbocycles. The van der Waals surface area contributed by atoms with Crippen molar-refractivity contribution in [3.05, 3.63) is 63.4 Å². The van der Waals surface area contributed by atoms with Gasteiger partial charge in [-0.3, -0.25) is 14.0 Å². The van der Waals surface area contributed by atoms with Gasteiger partial charge in [-0.05, 0) is 78.1 Å². The van der Waals surface area contributed by atoms with Crippen LogP contribution >= 0.6 is 15.9 Å². The number of fused-ring (bicyclic) bond motifs is 1. The minimum atomic E-state index is -2.68. The highest BCUT2D eigenvalue weighted by molar-refractivity contribution is 9.10. The van der Waals surface area contributed by atoms with E-state index in [4.69, 9.17) is 5.73 Å². The van der Waals surface area contributed by atoms with Gasteiger partial charge in [-0.15, -0.1) is 0 Å². The van der Waals surface area contributed by atoms with Gasteiger partial charge in [0.15, 0.2) is 0 Å². The Labute approximate surface area is 184 Å². The zero-order chi connectivity index (χ0) is 22.1. The van der Waals surface area contributed by atoms with Crippen LogP contribution in [-0.2, 0) is 21.6 Å². The molecule has 0 radical (unpaired) electrons. The fourth-order valence-corrected chi connectivity index (χ4v) is 6.31. The average Bonchev–Trinajstić information content (AvgIpc) is 2.96. The minimum Gasteiger partial charge on any atom is -0.386 e. The average molecular weight is 492 g/mol. The Bertz CT molecular complexity index is 1220. The Kier molecular flexibility index (Phi) is 4.67. The van der Waals surface area contributed by atoms with Crippen LogP contribution in [0.4, 0.5) is 10.1 Å². The largest absolute Gasteiger partial charge is 0.386 e. The van der Waals surface area contributed by atoms with E-state index in [-0.39, 0.29) is 23.1 Å². The highest BCUT2D eigenvalue weighted by atomic mass is 79.9. The molecule has 158 valence electrons. The Morgan fingerprint density at radius 1 is 1.23 bits per heavy atom. The number of aliphatic imine (C=N–C) groups is 1. The van der Waals surface area contributed by atoms with Crippen molar-refractivity contribution >= 4 is 48.8 Å². The molecule has 0 saturated carbocycles. The first-order valence-corrected chi connectivity index (χ1v) is 12.2. The second-order valence-corrected chi connectivity index (χ2v) is 12.4. The number of carbonyl (C=O) groups excluding carboxylic acids is 1. The van der Waals surface area contributed by atoms with Crippen LogP contribution in [0.2, 0.25) is 0 Å². The molecule has 2 aromatic rings. The summed E-state index contributed by atoms with van der Waals surface area (Å²) in [5.74, 6) is 3.53. The quantitative estimate of drug-likeness (QED) is 0.648. The fourth-order valence-electron chi connectivity index (χ4n) is 3.99. The Morgan fingerprint density at radius 2 is 1.93 bits per heavy atom.